The summed E-state index contributed by atoms with van der Waals surface area (Å²) in [6.07, 6.45) is 0.790. The predicted molar refractivity (Wildman–Crippen MR) is 67.8 cm³/mol. The average molecular weight is 257 g/mol. The molecule has 1 saturated heterocycles. The molecule has 6 nitrogen and oxygen atoms in total. The van der Waals surface area contributed by atoms with Gasteiger partial charge in [0.15, 0.2) is 0 Å². The summed E-state index contributed by atoms with van der Waals surface area (Å²) in [6, 6.07) is -0.580. The van der Waals surface area contributed by atoms with E-state index in [0.29, 0.717) is 13.2 Å². The molecular formula is C12H23N3O3. The van der Waals surface area contributed by atoms with Crippen molar-refractivity contribution < 1.29 is 14.3 Å². The van der Waals surface area contributed by atoms with E-state index in [1.165, 1.54) is 0 Å². The fourth-order valence-corrected chi connectivity index (χ4v) is 1.73. The van der Waals surface area contributed by atoms with E-state index in [1.54, 1.807) is 0 Å². The van der Waals surface area contributed by atoms with Crippen molar-refractivity contribution in [2.45, 2.75) is 38.8 Å². The highest BCUT2D eigenvalue weighted by atomic mass is 16.5. The standard InChI is InChI=1S/C12H23N3O3/c1-8(2)10(13)11(17)14-6-9(16)15-12(3)4-5-18-7-12/h8,10H,4-7,13H2,1-3H3,(H,14,17)(H,15,16)/t10-,12?/m0/s1. The van der Waals surface area contributed by atoms with Crippen LogP contribution in [0.5, 0.6) is 0 Å². The highest BCUT2D eigenvalue weighted by Gasteiger charge is 2.31. The quantitative estimate of drug-likeness (QED) is 0.612. The normalized spacial score (nSPS) is 24.9. The van der Waals surface area contributed by atoms with Crippen LogP contribution in [0, 0.1) is 5.92 Å². The van der Waals surface area contributed by atoms with Gasteiger partial charge in [0.25, 0.3) is 0 Å². The Balaban J connectivity index is 2.31. The van der Waals surface area contributed by atoms with E-state index in [0.717, 1.165) is 6.42 Å². The third kappa shape index (κ3) is 4.27. The summed E-state index contributed by atoms with van der Waals surface area (Å²) in [4.78, 5) is 23.2. The van der Waals surface area contributed by atoms with Crippen LogP contribution in [0.25, 0.3) is 0 Å². The number of nitrogens with two attached hydrogens (primary N) is 1. The molecule has 0 radical (unpaired) electrons. The topological polar surface area (TPSA) is 93.5 Å². The van der Waals surface area contributed by atoms with Crippen LogP contribution in [-0.2, 0) is 14.3 Å². The van der Waals surface area contributed by atoms with E-state index in [1.807, 2.05) is 20.8 Å². The highest BCUT2D eigenvalue weighted by Crippen LogP contribution is 2.16. The minimum Gasteiger partial charge on any atom is -0.379 e. The summed E-state index contributed by atoms with van der Waals surface area (Å²) in [7, 11) is 0. The van der Waals surface area contributed by atoms with Crippen LogP contribution in [0.4, 0.5) is 0 Å². The number of ether oxygens (including phenoxy) is 1. The lowest BCUT2D eigenvalue weighted by atomic mass is 10.0. The van der Waals surface area contributed by atoms with E-state index >= 15 is 0 Å². The Morgan fingerprint density at radius 3 is 2.61 bits per heavy atom. The first-order valence-electron chi connectivity index (χ1n) is 6.26. The maximum Gasteiger partial charge on any atom is 0.239 e. The Morgan fingerprint density at radius 2 is 2.11 bits per heavy atom. The van der Waals surface area contributed by atoms with Crippen molar-refractivity contribution in [1.29, 1.82) is 0 Å². The molecular weight excluding hydrogens is 234 g/mol. The minimum absolute atomic E-state index is 0.0468. The number of rotatable bonds is 5. The van der Waals surface area contributed by atoms with Crippen LogP contribution in [0.2, 0.25) is 0 Å². The molecule has 1 unspecified atom stereocenters. The zero-order valence-corrected chi connectivity index (χ0v) is 11.3. The van der Waals surface area contributed by atoms with Crippen molar-refractivity contribution in [3.05, 3.63) is 0 Å². The summed E-state index contributed by atoms with van der Waals surface area (Å²) in [5.41, 5.74) is 5.35. The first-order chi connectivity index (χ1) is 8.34. The van der Waals surface area contributed by atoms with E-state index in [9.17, 15) is 9.59 Å². The maximum atomic E-state index is 11.7. The molecule has 4 N–H and O–H groups in total. The van der Waals surface area contributed by atoms with Gasteiger partial charge in [-0.25, -0.2) is 0 Å². The first kappa shape index (κ1) is 14.9. The molecule has 1 aliphatic heterocycles. The molecule has 1 rings (SSSR count). The summed E-state index contributed by atoms with van der Waals surface area (Å²) in [5.74, 6) is -0.464. The lowest BCUT2D eigenvalue weighted by Gasteiger charge is -2.24. The molecule has 1 heterocycles. The average Bonchev–Trinajstić information content (AvgIpc) is 2.71. The first-order valence-corrected chi connectivity index (χ1v) is 6.26. The second kappa shape index (κ2) is 6.15. The molecule has 0 aliphatic carbocycles. The summed E-state index contributed by atoms with van der Waals surface area (Å²) in [5, 5.41) is 5.40. The molecule has 0 aromatic heterocycles. The van der Waals surface area contributed by atoms with Gasteiger partial charge in [0.2, 0.25) is 11.8 Å². The molecule has 0 aromatic carbocycles. The molecule has 2 amide bonds. The van der Waals surface area contributed by atoms with Crippen LogP contribution in [-0.4, -0.2) is 43.2 Å². The van der Waals surface area contributed by atoms with Gasteiger partial charge in [0, 0.05) is 6.61 Å². The monoisotopic (exact) mass is 257 g/mol. The SMILES string of the molecule is CC(C)[C@H](N)C(=O)NCC(=O)NC1(C)CCOC1. The van der Waals surface area contributed by atoms with Crippen LogP contribution in [0.1, 0.15) is 27.2 Å². The molecule has 104 valence electrons. The van der Waals surface area contributed by atoms with E-state index < -0.39 is 6.04 Å². The predicted octanol–water partition coefficient (Wildman–Crippen LogP) is -0.619. The van der Waals surface area contributed by atoms with Crippen LogP contribution in [0.3, 0.4) is 0 Å². The van der Waals surface area contributed by atoms with Crippen LogP contribution >= 0.6 is 0 Å². The van der Waals surface area contributed by atoms with Gasteiger partial charge in [0.1, 0.15) is 0 Å². The van der Waals surface area contributed by atoms with Gasteiger partial charge in [0.05, 0.1) is 24.7 Å². The third-order valence-electron chi connectivity index (χ3n) is 3.10. The smallest absolute Gasteiger partial charge is 0.239 e. The highest BCUT2D eigenvalue weighted by molar-refractivity contribution is 5.87. The number of amides is 2. The third-order valence-corrected chi connectivity index (χ3v) is 3.10. The van der Waals surface area contributed by atoms with Gasteiger partial charge in [-0.3, -0.25) is 9.59 Å². The molecule has 1 aliphatic rings. The molecule has 0 aromatic rings. The van der Waals surface area contributed by atoms with Crippen molar-refractivity contribution in [2.24, 2.45) is 11.7 Å². The fraction of sp³-hybridized carbons (Fsp3) is 0.833. The summed E-state index contributed by atoms with van der Waals surface area (Å²) >= 11 is 0. The number of hydrogen-bond donors (Lipinski definition) is 3. The number of nitrogens with one attached hydrogen (secondary N) is 2. The fourth-order valence-electron chi connectivity index (χ4n) is 1.73. The molecule has 0 spiro atoms. The lowest BCUT2D eigenvalue weighted by Crippen LogP contribution is -2.52. The Bertz CT molecular complexity index is 312. The molecule has 2 atom stereocenters. The molecule has 18 heavy (non-hydrogen) atoms. The van der Waals surface area contributed by atoms with Gasteiger partial charge in [-0.05, 0) is 19.3 Å². The second-order valence-corrected chi connectivity index (χ2v) is 5.40. The number of hydrogen-bond acceptors (Lipinski definition) is 4. The summed E-state index contributed by atoms with van der Waals surface area (Å²) in [6.45, 7) is 6.77. The van der Waals surface area contributed by atoms with Crippen LogP contribution < -0.4 is 16.4 Å². The van der Waals surface area contributed by atoms with Crippen LogP contribution in [0.15, 0.2) is 0 Å². The van der Waals surface area contributed by atoms with Crippen molar-refractivity contribution in [1.82, 2.24) is 10.6 Å². The van der Waals surface area contributed by atoms with Crippen molar-refractivity contribution >= 4 is 11.8 Å². The second-order valence-electron chi connectivity index (χ2n) is 5.40. The Morgan fingerprint density at radius 1 is 1.44 bits per heavy atom. The largest absolute Gasteiger partial charge is 0.379 e. The zero-order chi connectivity index (χ0) is 13.8. The van der Waals surface area contributed by atoms with Crippen molar-refractivity contribution in [3.63, 3.8) is 0 Å². The minimum atomic E-state index is -0.580. The van der Waals surface area contributed by atoms with E-state index in [2.05, 4.69) is 10.6 Å². The summed E-state index contributed by atoms with van der Waals surface area (Å²) < 4.78 is 5.23. The van der Waals surface area contributed by atoms with Crippen molar-refractivity contribution in [3.8, 4) is 0 Å². The molecule has 0 saturated carbocycles. The van der Waals surface area contributed by atoms with Crippen molar-refractivity contribution in [2.75, 3.05) is 19.8 Å². The van der Waals surface area contributed by atoms with Gasteiger partial charge in [-0.1, -0.05) is 13.8 Å². The Labute approximate surface area is 108 Å². The lowest BCUT2D eigenvalue weighted by molar-refractivity contribution is -0.128. The van der Waals surface area contributed by atoms with Gasteiger partial charge in [-0.15, -0.1) is 0 Å². The molecule has 6 heteroatoms. The van der Waals surface area contributed by atoms with E-state index in [4.69, 9.17) is 10.5 Å². The zero-order valence-electron chi connectivity index (χ0n) is 11.3. The van der Waals surface area contributed by atoms with E-state index in [-0.39, 0.29) is 29.8 Å². The number of carbonyl (C=O) groups is 2. The van der Waals surface area contributed by atoms with Gasteiger partial charge in [-0.2, -0.15) is 0 Å². The van der Waals surface area contributed by atoms with Gasteiger partial charge >= 0.3 is 0 Å². The molecule has 0 bridgehead atoms. The maximum absolute atomic E-state index is 11.7. The Hall–Kier alpha value is -1.14. The molecule has 1 fully saturated rings. The Kier molecular flexibility index (Phi) is 5.10. The van der Waals surface area contributed by atoms with Gasteiger partial charge < -0.3 is 21.1 Å². The number of carbonyl (C=O) groups excluding carboxylic acids is 2.